The van der Waals surface area contributed by atoms with Crippen LogP contribution in [0.5, 0.6) is 0 Å². The lowest BCUT2D eigenvalue weighted by Gasteiger charge is -2.24. The Bertz CT molecular complexity index is 626. The molecule has 0 amide bonds. The van der Waals surface area contributed by atoms with E-state index in [9.17, 15) is 4.79 Å². The minimum Gasteiger partial charge on any atom is -0.330 e. The number of fused-ring (bicyclic) bond motifs is 1. The Morgan fingerprint density at radius 1 is 1.28 bits per heavy atom. The fourth-order valence-electron chi connectivity index (χ4n) is 2.40. The van der Waals surface area contributed by atoms with Gasteiger partial charge >= 0.3 is 0 Å². The predicted molar refractivity (Wildman–Crippen MR) is 75.9 cm³/mol. The first-order valence-electron chi connectivity index (χ1n) is 6.27. The van der Waals surface area contributed by atoms with Crippen LogP contribution in [0.25, 0.3) is 10.9 Å². The van der Waals surface area contributed by atoms with Crippen LogP contribution in [-0.2, 0) is 12.5 Å². The van der Waals surface area contributed by atoms with Crippen molar-refractivity contribution < 1.29 is 0 Å². The number of nitrogens with two attached hydrogens (primary N) is 1. The van der Waals surface area contributed by atoms with Gasteiger partial charge in [-0.3, -0.25) is 4.79 Å². The van der Waals surface area contributed by atoms with Crippen molar-refractivity contribution in [2.75, 3.05) is 6.54 Å². The van der Waals surface area contributed by atoms with Gasteiger partial charge in [-0.15, -0.1) is 0 Å². The molecule has 0 unspecified atom stereocenters. The maximum Gasteiger partial charge on any atom is 0.254 e. The zero-order valence-corrected chi connectivity index (χ0v) is 11.2. The van der Waals surface area contributed by atoms with Gasteiger partial charge in [0, 0.05) is 12.6 Å². The molecule has 0 saturated heterocycles. The number of pyridine rings is 1. The molecule has 1 heterocycles. The third-order valence-corrected chi connectivity index (χ3v) is 3.63. The summed E-state index contributed by atoms with van der Waals surface area (Å²) in [5, 5.41) is 1.10. The Kier molecular flexibility index (Phi) is 3.26. The normalized spacial score (nSPS) is 12.0. The highest BCUT2D eigenvalue weighted by Crippen LogP contribution is 2.26. The van der Waals surface area contributed by atoms with E-state index in [1.165, 1.54) is 0 Å². The van der Waals surface area contributed by atoms with E-state index in [0.717, 1.165) is 22.9 Å². The molecule has 3 nitrogen and oxygen atoms in total. The fourth-order valence-corrected chi connectivity index (χ4v) is 2.40. The first kappa shape index (κ1) is 12.8. The summed E-state index contributed by atoms with van der Waals surface area (Å²) in [6.07, 6.45) is 0.806. The molecule has 3 heteroatoms. The van der Waals surface area contributed by atoms with Crippen LogP contribution in [0.2, 0.25) is 0 Å². The molecule has 2 N–H and O–H groups in total. The van der Waals surface area contributed by atoms with Crippen molar-refractivity contribution in [1.29, 1.82) is 0 Å². The number of para-hydroxylation sites is 1. The van der Waals surface area contributed by atoms with E-state index in [4.69, 9.17) is 5.73 Å². The molecule has 96 valence electrons. The molecule has 0 bridgehead atoms. The Balaban J connectivity index is 2.73. The average Bonchev–Trinajstić information content (AvgIpc) is 2.33. The maximum atomic E-state index is 12.4. The quantitative estimate of drug-likeness (QED) is 0.899. The molecule has 0 aliphatic carbocycles. The third-order valence-electron chi connectivity index (χ3n) is 3.63. The highest BCUT2D eigenvalue weighted by atomic mass is 16.1. The van der Waals surface area contributed by atoms with Crippen LogP contribution in [0.15, 0.2) is 35.1 Å². The molecule has 1 aromatic heterocycles. The second-order valence-electron chi connectivity index (χ2n) is 5.40. The van der Waals surface area contributed by atoms with Gasteiger partial charge < -0.3 is 10.3 Å². The van der Waals surface area contributed by atoms with Crippen LogP contribution < -0.4 is 11.3 Å². The third kappa shape index (κ3) is 2.06. The highest BCUT2D eigenvalue weighted by Gasteiger charge is 2.24. The lowest BCUT2D eigenvalue weighted by Crippen LogP contribution is -2.32. The summed E-state index contributed by atoms with van der Waals surface area (Å²) in [6, 6.07) is 9.96. The lowest BCUT2D eigenvalue weighted by atomic mass is 9.82. The number of hydrogen-bond acceptors (Lipinski definition) is 2. The summed E-state index contributed by atoms with van der Waals surface area (Å²) < 4.78 is 1.73. The Morgan fingerprint density at radius 3 is 2.61 bits per heavy atom. The van der Waals surface area contributed by atoms with E-state index < -0.39 is 0 Å². The van der Waals surface area contributed by atoms with Crippen LogP contribution >= 0.6 is 0 Å². The van der Waals surface area contributed by atoms with Crippen molar-refractivity contribution >= 4 is 10.9 Å². The number of benzene rings is 1. The zero-order valence-electron chi connectivity index (χ0n) is 11.2. The topological polar surface area (TPSA) is 48.0 Å². The number of aryl methyl sites for hydroxylation is 1. The Labute approximate surface area is 107 Å². The van der Waals surface area contributed by atoms with Gasteiger partial charge in [-0.2, -0.15) is 0 Å². The van der Waals surface area contributed by atoms with Gasteiger partial charge in [-0.05, 0) is 35.9 Å². The van der Waals surface area contributed by atoms with E-state index in [1.54, 1.807) is 4.57 Å². The van der Waals surface area contributed by atoms with Crippen LogP contribution in [0, 0.1) is 0 Å². The second-order valence-corrected chi connectivity index (χ2v) is 5.40. The largest absolute Gasteiger partial charge is 0.330 e. The summed E-state index contributed by atoms with van der Waals surface area (Å²) in [5.41, 5.74) is 7.34. The fraction of sp³-hybridized carbons (Fsp3) is 0.400. The standard InChI is InChI=1S/C15H20N2O/c1-15(2,8-9-16)12-10-11-6-4-5-7-13(11)17(3)14(12)18/h4-7,10H,8-9,16H2,1-3H3. The summed E-state index contributed by atoms with van der Waals surface area (Å²) in [4.78, 5) is 12.4. The summed E-state index contributed by atoms with van der Waals surface area (Å²) in [6.45, 7) is 4.74. The van der Waals surface area contributed by atoms with E-state index >= 15 is 0 Å². The van der Waals surface area contributed by atoms with Crippen LogP contribution in [0.4, 0.5) is 0 Å². The molecular formula is C15H20N2O. The van der Waals surface area contributed by atoms with Crippen molar-refractivity contribution in [3.05, 3.63) is 46.2 Å². The molecule has 0 aliphatic heterocycles. The number of aromatic nitrogens is 1. The molecule has 0 aliphatic rings. The van der Waals surface area contributed by atoms with Gasteiger partial charge in [-0.25, -0.2) is 0 Å². The highest BCUT2D eigenvalue weighted by molar-refractivity contribution is 5.79. The van der Waals surface area contributed by atoms with Gasteiger partial charge in [0.05, 0.1) is 5.52 Å². The first-order chi connectivity index (χ1) is 8.47. The van der Waals surface area contributed by atoms with Crippen molar-refractivity contribution in [2.45, 2.75) is 25.7 Å². The van der Waals surface area contributed by atoms with E-state index in [1.807, 2.05) is 37.4 Å². The Hall–Kier alpha value is -1.61. The average molecular weight is 244 g/mol. The molecule has 1 aromatic carbocycles. The molecule has 0 radical (unpaired) electrons. The lowest BCUT2D eigenvalue weighted by molar-refractivity contribution is 0.480. The maximum absolute atomic E-state index is 12.4. The molecule has 18 heavy (non-hydrogen) atoms. The van der Waals surface area contributed by atoms with Crippen molar-refractivity contribution in [2.24, 2.45) is 12.8 Å². The van der Waals surface area contributed by atoms with Gasteiger partial charge in [0.25, 0.3) is 5.56 Å². The van der Waals surface area contributed by atoms with Crippen LogP contribution in [0.1, 0.15) is 25.8 Å². The Morgan fingerprint density at radius 2 is 1.94 bits per heavy atom. The number of rotatable bonds is 3. The van der Waals surface area contributed by atoms with Crippen molar-refractivity contribution in [1.82, 2.24) is 4.57 Å². The van der Waals surface area contributed by atoms with Gasteiger partial charge in [-0.1, -0.05) is 32.0 Å². The van der Waals surface area contributed by atoms with E-state index in [-0.39, 0.29) is 11.0 Å². The summed E-state index contributed by atoms with van der Waals surface area (Å²) >= 11 is 0. The smallest absolute Gasteiger partial charge is 0.254 e. The predicted octanol–water partition coefficient (Wildman–Crippen LogP) is 2.16. The van der Waals surface area contributed by atoms with Gasteiger partial charge in [0.1, 0.15) is 0 Å². The molecule has 2 rings (SSSR count). The van der Waals surface area contributed by atoms with Crippen LogP contribution in [0.3, 0.4) is 0 Å². The molecule has 0 atom stereocenters. The van der Waals surface area contributed by atoms with Gasteiger partial charge in [0.2, 0.25) is 0 Å². The monoisotopic (exact) mass is 244 g/mol. The molecule has 0 saturated carbocycles. The van der Waals surface area contributed by atoms with Crippen LogP contribution in [-0.4, -0.2) is 11.1 Å². The molecule has 0 spiro atoms. The van der Waals surface area contributed by atoms with Crippen molar-refractivity contribution in [3.8, 4) is 0 Å². The summed E-state index contributed by atoms with van der Waals surface area (Å²) in [7, 11) is 1.83. The minimum atomic E-state index is -0.187. The zero-order chi connectivity index (χ0) is 13.3. The molecular weight excluding hydrogens is 224 g/mol. The SMILES string of the molecule is Cn1c(=O)c(C(C)(C)CCN)cc2ccccc21. The molecule has 2 aromatic rings. The number of nitrogens with zero attached hydrogens (tertiary/aromatic N) is 1. The summed E-state index contributed by atoms with van der Waals surface area (Å²) in [5.74, 6) is 0. The minimum absolute atomic E-state index is 0.0761. The second kappa shape index (κ2) is 4.58. The molecule has 0 fully saturated rings. The van der Waals surface area contributed by atoms with E-state index in [2.05, 4.69) is 13.8 Å². The van der Waals surface area contributed by atoms with Crippen molar-refractivity contribution in [3.63, 3.8) is 0 Å². The number of hydrogen-bond donors (Lipinski definition) is 1. The van der Waals surface area contributed by atoms with Gasteiger partial charge in [0.15, 0.2) is 0 Å². The van der Waals surface area contributed by atoms with E-state index in [0.29, 0.717) is 6.54 Å². The first-order valence-corrected chi connectivity index (χ1v) is 6.27.